The summed E-state index contributed by atoms with van der Waals surface area (Å²) >= 11 is 0. The molecule has 0 bridgehead atoms. The second kappa shape index (κ2) is 7.53. The van der Waals surface area contributed by atoms with E-state index in [4.69, 9.17) is 0 Å². The Balaban J connectivity index is 1.50. The second-order valence-corrected chi connectivity index (χ2v) is 5.53. The zero-order chi connectivity index (χ0) is 16.8. The van der Waals surface area contributed by atoms with Crippen molar-refractivity contribution < 1.29 is 9.59 Å². The molecular weight excluding hydrogens is 310 g/mol. The third-order valence-corrected chi connectivity index (χ3v) is 3.76. The van der Waals surface area contributed by atoms with Gasteiger partial charge in [-0.05, 0) is 30.9 Å². The Kier molecular flexibility index (Phi) is 4.99. The first-order valence-corrected chi connectivity index (χ1v) is 7.84. The molecule has 2 aromatic rings. The zero-order valence-corrected chi connectivity index (χ0v) is 13.1. The third-order valence-electron chi connectivity index (χ3n) is 3.76. The summed E-state index contributed by atoms with van der Waals surface area (Å²) in [6, 6.07) is 2.81. The third kappa shape index (κ3) is 4.06. The molecule has 0 radical (unpaired) electrons. The fourth-order valence-corrected chi connectivity index (χ4v) is 2.45. The van der Waals surface area contributed by atoms with Crippen LogP contribution >= 0.6 is 0 Å². The highest BCUT2D eigenvalue weighted by molar-refractivity contribution is 5.87. The number of hydrogen-bond donors (Lipinski definition) is 3. The summed E-state index contributed by atoms with van der Waals surface area (Å²) in [6.45, 7) is 0.993. The first-order chi connectivity index (χ1) is 11.7. The van der Waals surface area contributed by atoms with Crippen molar-refractivity contribution in [2.45, 2.75) is 31.8 Å². The van der Waals surface area contributed by atoms with Gasteiger partial charge < -0.3 is 16.0 Å². The van der Waals surface area contributed by atoms with E-state index in [0.717, 1.165) is 18.4 Å². The Bertz CT molecular complexity index is 684. The predicted molar refractivity (Wildman–Crippen MR) is 85.2 cm³/mol. The van der Waals surface area contributed by atoms with Crippen molar-refractivity contribution >= 4 is 11.9 Å². The van der Waals surface area contributed by atoms with E-state index in [2.05, 4.69) is 31.0 Å². The van der Waals surface area contributed by atoms with Crippen LogP contribution in [0.4, 0.5) is 4.79 Å². The maximum absolute atomic E-state index is 12.0. The SMILES string of the molecule is O=C(NCc1ccc(-n2cncn2)nc1)N[C@@H]1CCCCNC1=O. The monoisotopic (exact) mass is 329 g/mol. The maximum Gasteiger partial charge on any atom is 0.315 e. The molecule has 3 amide bonds. The summed E-state index contributed by atoms with van der Waals surface area (Å²) in [6.07, 6.45) is 7.17. The molecule has 9 heteroatoms. The van der Waals surface area contributed by atoms with Gasteiger partial charge in [-0.25, -0.2) is 19.4 Å². The molecule has 0 aromatic carbocycles. The Morgan fingerprint density at radius 2 is 2.29 bits per heavy atom. The van der Waals surface area contributed by atoms with Crippen LogP contribution in [-0.2, 0) is 11.3 Å². The molecule has 0 unspecified atom stereocenters. The van der Waals surface area contributed by atoms with Gasteiger partial charge in [0, 0.05) is 19.3 Å². The lowest BCUT2D eigenvalue weighted by atomic mass is 10.1. The number of rotatable bonds is 4. The lowest BCUT2D eigenvalue weighted by molar-refractivity contribution is -0.122. The van der Waals surface area contributed by atoms with Crippen molar-refractivity contribution in [3.05, 3.63) is 36.5 Å². The highest BCUT2D eigenvalue weighted by Gasteiger charge is 2.22. The second-order valence-electron chi connectivity index (χ2n) is 5.53. The number of carbonyl (C=O) groups is 2. The fraction of sp³-hybridized carbons (Fsp3) is 0.400. The smallest absolute Gasteiger partial charge is 0.315 e. The van der Waals surface area contributed by atoms with Crippen LogP contribution < -0.4 is 16.0 Å². The molecule has 2 aromatic heterocycles. The minimum Gasteiger partial charge on any atom is -0.354 e. The summed E-state index contributed by atoms with van der Waals surface area (Å²) in [7, 11) is 0. The van der Waals surface area contributed by atoms with Gasteiger partial charge in [0.15, 0.2) is 5.82 Å². The first kappa shape index (κ1) is 15.9. The number of pyridine rings is 1. The van der Waals surface area contributed by atoms with Crippen molar-refractivity contribution in [2.24, 2.45) is 0 Å². The van der Waals surface area contributed by atoms with Gasteiger partial charge in [-0.1, -0.05) is 6.07 Å². The van der Waals surface area contributed by atoms with E-state index >= 15 is 0 Å². The maximum atomic E-state index is 12.0. The quantitative estimate of drug-likeness (QED) is 0.738. The molecule has 1 saturated heterocycles. The van der Waals surface area contributed by atoms with E-state index in [0.29, 0.717) is 25.3 Å². The van der Waals surface area contributed by atoms with Gasteiger partial charge >= 0.3 is 6.03 Å². The van der Waals surface area contributed by atoms with Crippen LogP contribution in [0.2, 0.25) is 0 Å². The number of nitrogens with zero attached hydrogens (tertiary/aromatic N) is 4. The number of amides is 3. The summed E-state index contributed by atoms with van der Waals surface area (Å²) in [5, 5.41) is 12.2. The zero-order valence-electron chi connectivity index (χ0n) is 13.1. The Morgan fingerprint density at radius 1 is 1.38 bits per heavy atom. The molecule has 3 N–H and O–H groups in total. The fourth-order valence-electron chi connectivity index (χ4n) is 2.45. The van der Waals surface area contributed by atoms with Crippen molar-refractivity contribution in [3.8, 4) is 5.82 Å². The highest BCUT2D eigenvalue weighted by Crippen LogP contribution is 2.06. The lowest BCUT2D eigenvalue weighted by Gasteiger charge is -2.15. The molecule has 1 atom stereocenters. The molecule has 1 fully saturated rings. The topological polar surface area (TPSA) is 114 Å². The summed E-state index contributed by atoms with van der Waals surface area (Å²) in [5.41, 5.74) is 0.847. The summed E-state index contributed by atoms with van der Waals surface area (Å²) < 4.78 is 1.55. The van der Waals surface area contributed by atoms with Crippen molar-refractivity contribution in [2.75, 3.05) is 6.54 Å². The molecule has 1 aliphatic rings. The standard InChI is InChI=1S/C15H19N7O2/c23-14-12(3-1-2-6-17-14)21-15(24)19-8-11-4-5-13(18-7-11)22-10-16-9-20-22/h4-5,7,9-10,12H,1-3,6,8H2,(H,17,23)(H2,19,21,24)/t12-/m1/s1. The lowest BCUT2D eigenvalue weighted by Crippen LogP contribution is -2.48. The van der Waals surface area contributed by atoms with E-state index in [1.54, 1.807) is 23.3 Å². The minimum absolute atomic E-state index is 0.124. The molecule has 126 valence electrons. The van der Waals surface area contributed by atoms with Crippen LogP contribution in [0.15, 0.2) is 31.0 Å². The van der Waals surface area contributed by atoms with Gasteiger partial charge in [-0.3, -0.25) is 4.79 Å². The number of carbonyl (C=O) groups excluding carboxylic acids is 2. The van der Waals surface area contributed by atoms with Crippen molar-refractivity contribution in [1.29, 1.82) is 0 Å². The Hall–Kier alpha value is -2.97. The summed E-state index contributed by atoms with van der Waals surface area (Å²) in [4.78, 5) is 31.9. The van der Waals surface area contributed by atoms with Crippen LogP contribution in [0.1, 0.15) is 24.8 Å². The van der Waals surface area contributed by atoms with Crippen molar-refractivity contribution in [3.63, 3.8) is 0 Å². The highest BCUT2D eigenvalue weighted by atomic mass is 16.2. The normalized spacial score (nSPS) is 17.7. The largest absolute Gasteiger partial charge is 0.354 e. The van der Waals surface area contributed by atoms with Crippen LogP contribution in [0.3, 0.4) is 0 Å². The number of hydrogen-bond acceptors (Lipinski definition) is 5. The Labute approximate surface area is 138 Å². The molecule has 3 heterocycles. The van der Waals surface area contributed by atoms with Crippen LogP contribution in [-0.4, -0.2) is 44.3 Å². The van der Waals surface area contributed by atoms with Gasteiger partial charge in [-0.15, -0.1) is 0 Å². The predicted octanol–water partition coefficient (Wildman–Crippen LogP) is 0.130. The molecular formula is C15H19N7O2. The first-order valence-electron chi connectivity index (χ1n) is 7.84. The van der Waals surface area contributed by atoms with E-state index in [1.807, 2.05) is 6.07 Å². The molecule has 0 spiro atoms. The van der Waals surface area contributed by atoms with Crippen LogP contribution in [0.5, 0.6) is 0 Å². The van der Waals surface area contributed by atoms with Gasteiger partial charge in [-0.2, -0.15) is 5.10 Å². The van der Waals surface area contributed by atoms with Crippen LogP contribution in [0.25, 0.3) is 5.82 Å². The van der Waals surface area contributed by atoms with Crippen molar-refractivity contribution in [1.82, 2.24) is 35.7 Å². The minimum atomic E-state index is -0.472. The van der Waals surface area contributed by atoms with Gasteiger partial charge in [0.2, 0.25) is 5.91 Å². The van der Waals surface area contributed by atoms with Gasteiger partial charge in [0.05, 0.1) is 0 Å². The molecule has 9 nitrogen and oxygen atoms in total. The molecule has 0 aliphatic carbocycles. The number of nitrogens with one attached hydrogen (secondary N) is 3. The molecule has 0 saturated carbocycles. The number of aromatic nitrogens is 4. The average Bonchev–Trinajstić information content (AvgIpc) is 3.06. The Morgan fingerprint density at radius 3 is 3.04 bits per heavy atom. The van der Waals surface area contributed by atoms with E-state index in [1.165, 1.54) is 6.33 Å². The van der Waals surface area contributed by atoms with E-state index in [-0.39, 0.29) is 11.9 Å². The van der Waals surface area contributed by atoms with Gasteiger partial charge in [0.25, 0.3) is 0 Å². The average molecular weight is 329 g/mol. The van der Waals surface area contributed by atoms with Crippen LogP contribution in [0, 0.1) is 0 Å². The molecule has 24 heavy (non-hydrogen) atoms. The van der Waals surface area contributed by atoms with E-state index in [9.17, 15) is 9.59 Å². The molecule has 1 aliphatic heterocycles. The number of urea groups is 1. The van der Waals surface area contributed by atoms with E-state index < -0.39 is 6.04 Å². The molecule has 3 rings (SSSR count). The van der Waals surface area contributed by atoms with Gasteiger partial charge in [0.1, 0.15) is 18.7 Å². The summed E-state index contributed by atoms with van der Waals surface area (Å²) in [5.74, 6) is 0.525.